The van der Waals surface area contributed by atoms with E-state index in [4.69, 9.17) is 5.73 Å². The van der Waals surface area contributed by atoms with E-state index < -0.39 is 11.8 Å². The lowest BCUT2D eigenvalue weighted by atomic mass is 9.78. The van der Waals surface area contributed by atoms with Crippen molar-refractivity contribution < 1.29 is 9.59 Å². The van der Waals surface area contributed by atoms with Crippen LogP contribution in [0.25, 0.3) is 0 Å². The average Bonchev–Trinajstić information content (AvgIpc) is 2.20. The van der Waals surface area contributed by atoms with Gasteiger partial charge in [-0.2, -0.15) is 0 Å². The minimum Gasteiger partial charge on any atom is -0.369 e. The predicted octanol–water partition coefficient (Wildman–Crippen LogP) is 1.83. The molecular formula is C13H26N2O2. The van der Waals surface area contributed by atoms with E-state index in [1.807, 2.05) is 34.6 Å². The van der Waals surface area contributed by atoms with E-state index >= 15 is 0 Å². The van der Waals surface area contributed by atoms with Gasteiger partial charge in [0.1, 0.15) is 0 Å². The Morgan fingerprint density at radius 2 is 1.65 bits per heavy atom. The Kier molecular flexibility index (Phi) is 6.21. The second-order valence-electron chi connectivity index (χ2n) is 5.61. The van der Waals surface area contributed by atoms with Crippen LogP contribution in [0.1, 0.15) is 53.9 Å². The first-order valence-electron chi connectivity index (χ1n) is 6.31. The van der Waals surface area contributed by atoms with Crippen LogP contribution < -0.4 is 11.1 Å². The van der Waals surface area contributed by atoms with Gasteiger partial charge in [0.25, 0.3) is 0 Å². The Bertz CT molecular complexity index is 265. The average molecular weight is 242 g/mol. The van der Waals surface area contributed by atoms with Gasteiger partial charge in [0.15, 0.2) is 0 Å². The summed E-state index contributed by atoms with van der Waals surface area (Å²) < 4.78 is 0. The SMILES string of the molecule is CCC(CC)NC(=O)C[C@H](C(N)=O)C(C)(C)C. The highest BCUT2D eigenvalue weighted by atomic mass is 16.2. The molecule has 0 unspecified atom stereocenters. The largest absolute Gasteiger partial charge is 0.369 e. The summed E-state index contributed by atoms with van der Waals surface area (Å²) in [4.78, 5) is 23.2. The smallest absolute Gasteiger partial charge is 0.221 e. The molecule has 4 heteroatoms. The van der Waals surface area contributed by atoms with Crippen molar-refractivity contribution in [1.29, 1.82) is 0 Å². The fourth-order valence-corrected chi connectivity index (χ4v) is 1.80. The molecule has 0 rings (SSSR count). The second-order valence-corrected chi connectivity index (χ2v) is 5.61. The number of amides is 2. The summed E-state index contributed by atoms with van der Waals surface area (Å²) in [7, 11) is 0. The van der Waals surface area contributed by atoms with E-state index in [-0.39, 0.29) is 23.8 Å². The topological polar surface area (TPSA) is 72.2 Å². The molecule has 2 amide bonds. The molecule has 0 saturated carbocycles. The molecule has 0 radical (unpaired) electrons. The number of nitrogens with two attached hydrogens (primary N) is 1. The summed E-state index contributed by atoms with van der Waals surface area (Å²) >= 11 is 0. The molecule has 0 aliphatic heterocycles. The summed E-state index contributed by atoms with van der Waals surface area (Å²) in [5, 5.41) is 2.93. The van der Waals surface area contributed by atoms with Gasteiger partial charge in [-0.15, -0.1) is 0 Å². The number of rotatable bonds is 6. The van der Waals surface area contributed by atoms with Gasteiger partial charge in [-0.3, -0.25) is 9.59 Å². The maximum Gasteiger partial charge on any atom is 0.221 e. The van der Waals surface area contributed by atoms with Gasteiger partial charge in [0.2, 0.25) is 11.8 Å². The Labute approximate surface area is 104 Å². The van der Waals surface area contributed by atoms with Gasteiger partial charge in [-0.1, -0.05) is 34.6 Å². The number of primary amides is 1. The third kappa shape index (κ3) is 5.71. The zero-order valence-corrected chi connectivity index (χ0v) is 11.7. The van der Waals surface area contributed by atoms with E-state index in [9.17, 15) is 9.59 Å². The summed E-state index contributed by atoms with van der Waals surface area (Å²) in [6.45, 7) is 9.83. The molecule has 0 spiro atoms. The van der Waals surface area contributed by atoms with E-state index in [2.05, 4.69) is 5.32 Å². The van der Waals surface area contributed by atoms with Gasteiger partial charge in [0, 0.05) is 12.5 Å². The minimum atomic E-state index is -0.420. The molecule has 0 fully saturated rings. The first-order valence-corrected chi connectivity index (χ1v) is 6.31. The fourth-order valence-electron chi connectivity index (χ4n) is 1.80. The maximum absolute atomic E-state index is 11.8. The lowest BCUT2D eigenvalue weighted by Crippen LogP contribution is -2.41. The lowest BCUT2D eigenvalue weighted by Gasteiger charge is -2.28. The molecule has 0 saturated heterocycles. The molecule has 0 aliphatic carbocycles. The molecule has 17 heavy (non-hydrogen) atoms. The highest BCUT2D eigenvalue weighted by molar-refractivity contribution is 5.85. The Balaban J connectivity index is 4.48. The Morgan fingerprint density at radius 1 is 1.18 bits per heavy atom. The summed E-state index contributed by atoms with van der Waals surface area (Å²) in [5.41, 5.74) is 5.07. The highest BCUT2D eigenvalue weighted by Gasteiger charge is 2.31. The number of hydrogen-bond donors (Lipinski definition) is 2. The molecule has 0 aromatic heterocycles. The van der Waals surface area contributed by atoms with Crippen LogP contribution in [0.4, 0.5) is 0 Å². The first-order chi connectivity index (χ1) is 7.72. The zero-order valence-electron chi connectivity index (χ0n) is 11.7. The molecule has 3 N–H and O–H groups in total. The molecule has 100 valence electrons. The van der Waals surface area contributed by atoms with E-state index in [0.29, 0.717) is 0 Å². The van der Waals surface area contributed by atoms with Crippen molar-refractivity contribution >= 4 is 11.8 Å². The lowest BCUT2D eigenvalue weighted by molar-refractivity contribution is -0.131. The molecule has 1 atom stereocenters. The third-order valence-corrected chi connectivity index (χ3v) is 3.13. The van der Waals surface area contributed by atoms with Crippen LogP contribution in [-0.2, 0) is 9.59 Å². The second kappa shape index (κ2) is 6.62. The van der Waals surface area contributed by atoms with E-state index in [1.54, 1.807) is 0 Å². The standard InChI is InChI=1S/C13H26N2O2/c1-6-9(7-2)15-11(16)8-10(12(14)17)13(3,4)5/h9-10H,6-8H2,1-5H3,(H2,14,17)(H,15,16)/t10-/m1/s1. The van der Waals surface area contributed by atoms with E-state index in [1.165, 1.54) is 0 Å². The van der Waals surface area contributed by atoms with Crippen LogP contribution in [0, 0.1) is 11.3 Å². The van der Waals surface area contributed by atoms with Gasteiger partial charge in [-0.25, -0.2) is 0 Å². The fraction of sp³-hybridized carbons (Fsp3) is 0.846. The Hall–Kier alpha value is -1.06. The van der Waals surface area contributed by atoms with Crippen molar-refractivity contribution in [3.8, 4) is 0 Å². The van der Waals surface area contributed by atoms with Crippen LogP contribution in [0.3, 0.4) is 0 Å². The van der Waals surface area contributed by atoms with Gasteiger partial charge < -0.3 is 11.1 Å². The van der Waals surface area contributed by atoms with Crippen LogP contribution >= 0.6 is 0 Å². The van der Waals surface area contributed by atoms with Gasteiger partial charge in [0.05, 0.1) is 5.92 Å². The third-order valence-electron chi connectivity index (χ3n) is 3.13. The van der Waals surface area contributed by atoms with Crippen molar-refractivity contribution in [2.45, 2.75) is 59.9 Å². The highest BCUT2D eigenvalue weighted by Crippen LogP contribution is 2.28. The Morgan fingerprint density at radius 3 is 1.94 bits per heavy atom. The molecule has 0 heterocycles. The van der Waals surface area contributed by atoms with Crippen molar-refractivity contribution in [2.75, 3.05) is 0 Å². The zero-order chi connectivity index (χ0) is 13.6. The number of carbonyl (C=O) groups is 2. The minimum absolute atomic E-state index is 0.0857. The molecule has 0 bridgehead atoms. The first kappa shape index (κ1) is 15.9. The molecule has 0 aromatic carbocycles. The molecular weight excluding hydrogens is 216 g/mol. The summed E-state index contributed by atoms with van der Waals surface area (Å²) in [6, 6.07) is 0.191. The maximum atomic E-state index is 11.8. The van der Waals surface area contributed by atoms with Crippen molar-refractivity contribution in [1.82, 2.24) is 5.32 Å². The molecule has 0 aromatic rings. The molecule has 4 nitrogen and oxygen atoms in total. The number of carbonyl (C=O) groups excluding carboxylic acids is 2. The summed E-state index contributed by atoms with van der Waals surface area (Å²) in [5.74, 6) is -0.911. The van der Waals surface area contributed by atoms with Gasteiger partial charge in [-0.05, 0) is 18.3 Å². The number of nitrogens with one attached hydrogen (secondary N) is 1. The van der Waals surface area contributed by atoms with Crippen molar-refractivity contribution in [2.24, 2.45) is 17.1 Å². The number of hydrogen-bond acceptors (Lipinski definition) is 2. The van der Waals surface area contributed by atoms with Gasteiger partial charge >= 0.3 is 0 Å². The normalized spacial score (nSPS) is 13.5. The van der Waals surface area contributed by atoms with Crippen LogP contribution in [0.2, 0.25) is 0 Å². The van der Waals surface area contributed by atoms with Crippen LogP contribution in [0.15, 0.2) is 0 Å². The molecule has 0 aliphatic rings. The van der Waals surface area contributed by atoms with Crippen LogP contribution in [0.5, 0.6) is 0 Å². The van der Waals surface area contributed by atoms with Crippen molar-refractivity contribution in [3.63, 3.8) is 0 Å². The van der Waals surface area contributed by atoms with Crippen LogP contribution in [-0.4, -0.2) is 17.9 Å². The summed E-state index contributed by atoms with van der Waals surface area (Å²) in [6.07, 6.45) is 1.98. The monoisotopic (exact) mass is 242 g/mol. The predicted molar refractivity (Wildman–Crippen MR) is 69.3 cm³/mol. The van der Waals surface area contributed by atoms with Crippen molar-refractivity contribution in [3.05, 3.63) is 0 Å². The quantitative estimate of drug-likeness (QED) is 0.746. The van der Waals surface area contributed by atoms with E-state index in [0.717, 1.165) is 12.8 Å².